The Bertz CT molecular complexity index is 1160. The molecule has 4 rings (SSSR count). The van der Waals surface area contributed by atoms with Crippen LogP contribution in [-0.4, -0.2) is 43.2 Å². The van der Waals surface area contributed by atoms with Crippen molar-refractivity contribution in [2.24, 2.45) is 0 Å². The molecule has 0 aliphatic heterocycles. The number of benzene rings is 2. The quantitative estimate of drug-likeness (QED) is 0.448. The van der Waals surface area contributed by atoms with E-state index >= 15 is 0 Å². The molecule has 0 atom stereocenters. The van der Waals surface area contributed by atoms with Crippen LogP contribution in [0.25, 0.3) is 22.5 Å². The first kappa shape index (κ1) is 20.2. The third-order valence-electron chi connectivity index (χ3n) is 4.97. The highest BCUT2D eigenvalue weighted by atomic mass is 16.4. The van der Waals surface area contributed by atoms with E-state index in [2.05, 4.69) is 61.7 Å². The number of pyridine rings is 1. The minimum atomic E-state index is -1.02. The number of aromatic nitrogens is 5. The van der Waals surface area contributed by atoms with E-state index in [1.54, 1.807) is 6.07 Å². The lowest BCUT2D eigenvalue weighted by Crippen LogP contribution is -2.26. The highest BCUT2D eigenvalue weighted by Gasteiger charge is 2.17. The Morgan fingerprint density at radius 3 is 2.48 bits per heavy atom. The van der Waals surface area contributed by atoms with Gasteiger partial charge in [-0.3, -0.25) is 0 Å². The first-order valence-corrected chi connectivity index (χ1v) is 10.0. The molecule has 156 valence electrons. The molecule has 4 aromatic rings. The van der Waals surface area contributed by atoms with Crippen molar-refractivity contribution in [3.05, 3.63) is 78.1 Å². The molecule has 2 aromatic carbocycles. The Labute approximate surface area is 179 Å². The van der Waals surface area contributed by atoms with Gasteiger partial charge in [-0.25, -0.2) is 9.78 Å². The number of hydrogen-bond donors (Lipinski definition) is 2. The van der Waals surface area contributed by atoms with Crippen LogP contribution in [0, 0.1) is 0 Å². The number of H-pyrrole nitrogens is 1. The van der Waals surface area contributed by atoms with Crippen LogP contribution in [0.2, 0.25) is 0 Å². The van der Waals surface area contributed by atoms with Crippen LogP contribution in [-0.2, 0) is 6.54 Å². The number of tetrazole rings is 1. The average molecular weight is 414 g/mol. The highest BCUT2D eigenvalue weighted by molar-refractivity contribution is 5.92. The summed E-state index contributed by atoms with van der Waals surface area (Å²) >= 11 is 0. The smallest absolute Gasteiger partial charge is 0.356 e. The number of carbonyl (C=O) groups is 1. The van der Waals surface area contributed by atoms with Crippen LogP contribution in [0.5, 0.6) is 0 Å². The second-order valence-electron chi connectivity index (χ2n) is 7.08. The Hall–Kier alpha value is -4.07. The zero-order chi connectivity index (χ0) is 21.6. The summed E-state index contributed by atoms with van der Waals surface area (Å²) in [6, 6.07) is 19.7. The lowest BCUT2D eigenvalue weighted by Gasteiger charge is -2.25. The molecule has 8 heteroatoms. The van der Waals surface area contributed by atoms with Gasteiger partial charge in [0.1, 0.15) is 0 Å². The third-order valence-corrected chi connectivity index (χ3v) is 4.97. The number of anilines is 1. The predicted molar refractivity (Wildman–Crippen MR) is 118 cm³/mol. The predicted octanol–water partition coefficient (Wildman–Crippen LogP) is 4.04. The Balaban J connectivity index is 1.61. The molecule has 0 aliphatic carbocycles. The van der Waals surface area contributed by atoms with Gasteiger partial charge in [-0.05, 0) is 40.5 Å². The molecule has 0 amide bonds. The highest BCUT2D eigenvalue weighted by Crippen LogP contribution is 2.30. The van der Waals surface area contributed by atoms with E-state index in [0.717, 1.165) is 35.2 Å². The van der Waals surface area contributed by atoms with Gasteiger partial charge >= 0.3 is 5.97 Å². The van der Waals surface area contributed by atoms with E-state index in [-0.39, 0.29) is 5.69 Å². The van der Waals surface area contributed by atoms with E-state index < -0.39 is 5.97 Å². The molecule has 0 fully saturated rings. The molecular weight excluding hydrogens is 392 g/mol. The van der Waals surface area contributed by atoms with E-state index in [4.69, 9.17) is 0 Å². The molecule has 8 nitrogen and oxygen atoms in total. The molecule has 2 N–H and O–H groups in total. The molecule has 0 bridgehead atoms. The van der Waals surface area contributed by atoms with Crippen LogP contribution in [0.15, 0.2) is 66.9 Å². The van der Waals surface area contributed by atoms with Crippen molar-refractivity contribution in [3.8, 4) is 22.5 Å². The standard InChI is InChI=1S/C23H22N6O2/c1-2-14-29(20-8-5-13-24-21(20)23(30)31)15-16-9-11-17(12-10-16)18-6-3-4-7-19(18)22-25-27-28-26-22/h3-13H,2,14-15H2,1H3,(H,30,31)(H,25,26,27,28). The van der Waals surface area contributed by atoms with Gasteiger partial charge in [0.2, 0.25) is 5.82 Å². The molecule has 0 saturated carbocycles. The van der Waals surface area contributed by atoms with Crippen molar-refractivity contribution in [3.63, 3.8) is 0 Å². The summed E-state index contributed by atoms with van der Waals surface area (Å²) in [4.78, 5) is 17.7. The Kier molecular flexibility index (Phi) is 5.98. The SMILES string of the molecule is CCCN(Cc1ccc(-c2ccccc2-c2nn[nH]n2)cc1)c1cccnc1C(=O)O. The normalized spacial score (nSPS) is 10.7. The first-order chi connectivity index (χ1) is 15.2. The van der Waals surface area contributed by atoms with Crippen molar-refractivity contribution in [2.75, 3.05) is 11.4 Å². The van der Waals surface area contributed by atoms with Gasteiger partial charge in [0, 0.05) is 24.8 Å². The molecule has 0 unspecified atom stereocenters. The van der Waals surface area contributed by atoms with Crippen LogP contribution in [0.1, 0.15) is 29.4 Å². The number of aromatic carboxylic acids is 1. The van der Waals surface area contributed by atoms with Gasteiger partial charge < -0.3 is 10.0 Å². The summed E-state index contributed by atoms with van der Waals surface area (Å²) in [5.74, 6) is -0.475. The summed E-state index contributed by atoms with van der Waals surface area (Å²) in [5.41, 5.74) is 4.73. The fourth-order valence-corrected chi connectivity index (χ4v) is 3.59. The van der Waals surface area contributed by atoms with Crippen LogP contribution in [0.4, 0.5) is 5.69 Å². The van der Waals surface area contributed by atoms with Crippen molar-refractivity contribution in [1.29, 1.82) is 0 Å². The molecular formula is C23H22N6O2. The maximum atomic E-state index is 11.6. The van der Waals surface area contributed by atoms with Crippen molar-refractivity contribution in [1.82, 2.24) is 25.6 Å². The maximum Gasteiger partial charge on any atom is 0.356 e. The Morgan fingerprint density at radius 1 is 1.03 bits per heavy atom. The van der Waals surface area contributed by atoms with E-state index in [9.17, 15) is 9.90 Å². The van der Waals surface area contributed by atoms with Crippen LogP contribution >= 0.6 is 0 Å². The summed E-state index contributed by atoms with van der Waals surface area (Å²) < 4.78 is 0. The number of nitrogens with zero attached hydrogens (tertiary/aromatic N) is 5. The third kappa shape index (κ3) is 4.42. The van der Waals surface area contributed by atoms with Gasteiger partial charge in [-0.15, -0.1) is 10.2 Å². The Morgan fingerprint density at radius 2 is 1.81 bits per heavy atom. The van der Waals surface area contributed by atoms with Gasteiger partial charge in [0.25, 0.3) is 0 Å². The molecule has 0 saturated heterocycles. The summed E-state index contributed by atoms with van der Waals surface area (Å²) in [6.45, 7) is 3.39. The number of aromatic amines is 1. The van der Waals surface area contributed by atoms with Crippen molar-refractivity contribution >= 4 is 11.7 Å². The van der Waals surface area contributed by atoms with Gasteiger partial charge in [0.05, 0.1) is 5.69 Å². The number of carboxylic acids is 1. The van der Waals surface area contributed by atoms with Crippen LogP contribution < -0.4 is 4.90 Å². The zero-order valence-electron chi connectivity index (χ0n) is 17.1. The van der Waals surface area contributed by atoms with E-state index in [0.29, 0.717) is 18.1 Å². The van der Waals surface area contributed by atoms with E-state index in [1.165, 1.54) is 6.20 Å². The first-order valence-electron chi connectivity index (χ1n) is 10.0. The maximum absolute atomic E-state index is 11.6. The topological polar surface area (TPSA) is 108 Å². The largest absolute Gasteiger partial charge is 0.476 e. The van der Waals surface area contributed by atoms with Gasteiger partial charge in [-0.2, -0.15) is 5.21 Å². The van der Waals surface area contributed by atoms with Crippen LogP contribution in [0.3, 0.4) is 0 Å². The monoisotopic (exact) mass is 414 g/mol. The van der Waals surface area contributed by atoms with Gasteiger partial charge in [-0.1, -0.05) is 55.5 Å². The second kappa shape index (κ2) is 9.17. The van der Waals surface area contributed by atoms with Crippen molar-refractivity contribution < 1.29 is 9.90 Å². The molecule has 2 aromatic heterocycles. The molecule has 0 spiro atoms. The van der Waals surface area contributed by atoms with Crippen molar-refractivity contribution in [2.45, 2.75) is 19.9 Å². The molecule has 2 heterocycles. The average Bonchev–Trinajstić information content (AvgIpc) is 3.34. The number of rotatable bonds is 8. The fraction of sp³-hybridized carbons (Fsp3) is 0.174. The number of nitrogens with one attached hydrogen (secondary N) is 1. The zero-order valence-corrected chi connectivity index (χ0v) is 17.1. The van der Waals surface area contributed by atoms with E-state index in [1.807, 2.05) is 30.3 Å². The number of carboxylic acid groups (broad SMARTS) is 1. The second-order valence-corrected chi connectivity index (χ2v) is 7.08. The van der Waals surface area contributed by atoms with Gasteiger partial charge in [0.15, 0.2) is 5.69 Å². The minimum absolute atomic E-state index is 0.0709. The lowest BCUT2D eigenvalue weighted by atomic mass is 9.98. The molecule has 0 radical (unpaired) electrons. The minimum Gasteiger partial charge on any atom is -0.476 e. The molecule has 0 aliphatic rings. The summed E-state index contributed by atoms with van der Waals surface area (Å²) in [5, 5.41) is 23.9. The lowest BCUT2D eigenvalue weighted by molar-refractivity contribution is 0.0691. The fourth-order valence-electron chi connectivity index (χ4n) is 3.59. The molecule has 31 heavy (non-hydrogen) atoms. The summed E-state index contributed by atoms with van der Waals surface area (Å²) in [7, 11) is 0. The number of hydrogen-bond acceptors (Lipinski definition) is 6. The summed E-state index contributed by atoms with van der Waals surface area (Å²) in [6.07, 6.45) is 2.40.